The molecule has 3 nitrogen and oxygen atoms in total. The number of benzene rings is 2. The van der Waals surface area contributed by atoms with Gasteiger partial charge in [-0.2, -0.15) is 0 Å². The van der Waals surface area contributed by atoms with E-state index in [1.165, 1.54) is 0 Å². The lowest BCUT2D eigenvalue weighted by Crippen LogP contribution is -2.30. The van der Waals surface area contributed by atoms with Gasteiger partial charge >= 0.3 is 0 Å². The van der Waals surface area contributed by atoms with Crippen molar-refractivity contribution in [3.8, 4) is 18.6 Å². The summed E-state index contributed by atoms with van der Waals surface area (Å²) < 4.78 is 5.39. The van der Waals surface area contributed by atoms with Crippen molar-refractivity contribution in [1.82, 2.24) is 5.32 Å². The number of amides is 1. The maximum atomic E-state index is 11.4. The Hall–Kier alpha value is -4.03. The molecule has 0 unspecified atom stereocenters. The van der Waals surface area contributed by atoms with Crippen LogP contribution >= 0.6 is 0 Å². The molecule has 0 bridgehead atoms. The predicted molar refractivity (Wildman–Crippen MR) is 167 cm³/mol. The van der Waals surface area contributed by atoms with Gasteiger partial charge in [0.1, 0.15) is 5.75 Å². The van der Waals surface area contributed by atoms with Crippen LogP contribution in [0.3, 0.4) is 0 Å². The molecule has 1 saturated heterocycles. The monoisotopic (exact) mass is 511 g/mol. The number of rotatable bonds is 8. The van der Waals surface area contributed by atoms with Crippen LogP contribution in [0.4, 0.5) is 0 Å². The number of carbonyl (C=O) groups excluding carboxylic acids is 1. The van der Waals surface area contributed by atoms with Crippen molar-refractivity contribution in [3.63, 3.8) is 0 Å². The van der Waals surface area contributed by atoms with Crippen LogP contribution in [0.5, 0.6) is 5.75 Å². The van der Waals surface area contributed by atoms with Crippen molar-refractivity contribution in [3.05, 3.63) is 114 Å². The standard InChI is InChI=1S/C18H18O.C13H19NO.C2H6.C2H2/c1-13(2)15-8-7-9-16(12-15)14(3)17-10-5-6-11-18(17)19-4;1-3-6-11(2)7-4-8-12-9-5-10-14-13(12)15;2*1-2/h5-12H,1,3H2,2,4H3;3,6,8H,2,4-5,7,9-10H2,1H3,(H,14,15);1-2H3;1-2H/b;6-3-,12-8?;;. The number of nitrogens with one attached hydrogen (secondary N) is 1. The van der Waals surface area contributed by atoms with Crippen LogP contribution < -0.4 is 10.1 Å². The maximum absolute atomic E-state index is 11.4. The molecule has 2 aromatic rings. The zero-order valence-electron chi connectivity index (χ0n) is 24.0. The molecule has 1 amide bonds. The third-order valence-corrected chi connectivity index (χ3v) is 5.59. The molecule has 0 atom stereocenters. The number of ether oxygens (including phenoxy) is 1. The van der Waals surface area contributed by atoms with E-state index in [4.69, 9.17) is 4.74 Å². The minimum absolute atomic E-state index is 0.109. The molecule has 1 fully saturated rings. The number of para-hydroxylation sites is 1. The SMILES string of the molecule is C#C.C=C(/C=C\C)CCC=C1CCCNC1=O.C=C(C)c1cccc(C(=C)c2ccccc2OC)c1.CC. The number of allylic oxidation sites excluding steroid dienone is 5. The van der Waals surface area contributed by atoms with Gasteiger partial charge in [-0.15, -0.1) is 12.8 Å². The molecule has 0 aromatic heterocycles. The molecule has 0 aliphatic carbocycles. The van der Waals surface area contributed by atoms with Gasteiger partial charge in [-0.3, -0.25) is 4.79 Å². The van der Waals surface area contributed by atoms with Gasteiger partial charge in [0.25, 0.3) is 0 Å². The van der Waals surface area contributed by atoms with Gasteiger partial charge in [0.05, 0.1) is 7.11 Å². The fourth-order valence-electron chi connectivity index (χ4n) is 3.68. The van der Waals surface area contributed by atoms with Crippen molar-refractivity contribution in [2.45, 2.75) is 53.4 Å². The molecule has 1 heterocycles. The summed E-state index contributed by atoms with van der Waals surface area (Å²) in [5.41, 5.74) is 7.30. The molecule has 1 aliphatic rings. The van der Waals surface area contributed by atoms with E-state index < -0.39 is 0 Å². The first-order valence-electron chi connectivity index (χ1n) is 13.1. The quantitative estimate of drug-likeness (QED) is 0.218. The van der Waals surface area contributed by atoms with Crippen LogP contribution in [0, 0.1) is 12.8 Å². The highest BCUT2D eigenvalue weighted by atomic mass is 16.5. The van der Waals surface area contributed by atoms with E-state index in [0.29, 0.717) is 0 Å². The second-order valence-electron chi connectivity index (χ2n) is 8.33. The van der Waals surface area contributed by atoms with Crippen LogP contribution in [0.25, 0.3) is 11.1 Å². The fourth-order valence-corrected chi connectivity index (χ4v) is 3.68. The first kappa shape index (κ1) is 34.0. The number of methoxy groups -OCH3 is 1. The summed E-state index contributed by atoms with van der Waals surface area (Å²) in [6.45, 7) is 20.9. The third kappa shape index (κ3) is 11.8. The van der Waals surface area contributed by atoms with Crippen molar-refractivity contribution < 1.29 is 9.53 Å². The summed E-state index contributed by atoms with van der Waals surface area (Å²) in [5.74, 6) is 0.950. The van der Waals surface area contributed by atoms with Crippen molar-refractivity contribution in [1.29, 1.82) is 0 Å². The average Bonchev–Trinajstić information content (AvgIpc) is 2.96. The molecule has 3 rings (SSSR count). The Morgan fingerprint density at radius 2 is 1.71 bits per heavy atom. The van der Waals surface area contributed by atoms with Crippen LogP contribution in [0.2, 0.25) is 0 Å². The van der Waals surface area contributed by atoms with Gasteiger partial charge in [-0.1, -0.05) is 99.4 Å². The molecule has 202 valence electrons. The molecule has 0 spiro atoms. The van der Waals surface area contributed by atoms with Gasteiger partial charge in [0.15, 0.2) is 0 Å². The third-order valence-electron chi connectivity index (χ3n) is 5.59. The molecular formula is C35H45NO2. The van der Waals surface area contributed by atoms with Crippen LogP contribution in [0.1, 0.15) is 70.1 Å². The molecule has 1 aliphatic heterocycles. The highest BCUT2D eigenvalue weighted by molar-refractivity contribution is 5.94. The second-order valence-corrected chi connectivity index (χ2v) is 8.33. The van der Waals surface area contributed by atoms with Crippen molar-refractivity contribution >= 4 is 17.1 Å². The van der Waals surface area contributed by atoms with E-state index >= 15 is 0 Å². The zero-order chi connectivity index (χ0) is 28.9. The summed E-state index contributed by atoms with van der Waals surface area (Å²) in [7, 11) is 1.68. The molecular weight excluding hydrogens is 466 g/mol. The van der Waals surface area contributed by atoms with E-state index in [-0.39, 0.29) is 5.91 Å². The summed E-state index contributed by atoms with van der Waals surface area (Å²) >= 11 is 0. The topological polar surface area (TPSA) is 38.3 Å². The van der Waals surface area contributed by atoms with Gasteiger partial charge in [0.2, 0.25) is 5.91 Å². The van der Waals surface area contributed by atoms with Crippen LogP contribution in [0.15, 0.2) is 97.6 Å². The summed E-state index contributed by atoms with van der Waals surface area (Å²) in [4.78, 5) is 11.4. The Kier molecular flexibility index (Phi) is 17.9. The fraction of sp³-hybridized carbons (Fsp3) is 0.286. The van der Waals surface area contributed by atoms with E-state index in [1.807, 2.05) is 76.3 Å². The Labute approximate surface area is 231 Å². The Bertz CT molecular complexity index is 1130. The van der Waals surface area contributed by atoms with E-state index in [1.54, 1.807) is 7.11 Å². The minimum Gasteiger partial charge on any atom is -0.496 e. The minimum atomic E-state index is 0.109. The van der Waals surface area contributed by atoms with Gasteiger partial charge < -0.3 is 10.1 Å². The highest BCUT2D eigenvalue weighted by Crippen LogP contribution is 2.30. The summed E-state index contributed by atoms with van der Waals surface area (Å²) in [5, 5.41) is 2.85. The predicted octanol–water partition coefficient (Wildman–Crippen LogP) is 8.80. The van der Waals surface area contributed by atoms with Crippen LogP contribution in [-0.4, -0.2) is 19.6 Å². The zero-order valence-corrected chi connectivity index (χ0v) is 24.0. The molecule has 3 heteroatoms. The largest absolute Gasteiger partial charge is 0.496 e. The Balaban J connectivity index is 0.000000651. The van der Waals surface area contributed by atoms with Crippen LogP contribution in [-0.2, 0) is 4.79 Å². The van der Waals surface area contributed by atoms with E-state index in [9.17, 15) is 4.79 Å². The highest BCUT2D eigenvalue weighted by Gasteiger charge is 2.13. The smallest absolute Gasteiger partial charge is 0.246 e. The number of hydrogen-bond donors (Lipinski definition) is 1. The molecule has 1 N–H and O–H groups in total. The molecule has 38 heavy (non-hydrogen) atoms. The number of terminal acetylenes is 1. The first-order valence-corrected chi connectivity index (χ1v) is 13.1. The van der Waals surface area contributed by atoms with E-state index in [0.717, 1.165) is 77.0 Å². The molecule has 0 radical (unpaired) electrons. The first-order chi connectivity index (χ1) is 18.4. The number of piperidine rings is 1. The average molecular weight is 512 g/mol. The van der Waals surface area contributed by atoms with Gasteiger partial charge in [0, 0.05) is 17.7 Å². The van der Waals surface area contributed by atoms with E-state index in [2.05, 4.69) is 56.1 Å². The van der Waals surface area contributed by atoms with Gasteiger partial charge in [-0.05, 0) is 68.4 Å². The lowest BCUT2D eigenvalue weighted by Gasteiger charge is -2.14. The molecule has 0 saturated carbocycles. The molecule has 2 aromatic carbocycles. The second kappa shape index (κ2) is 20.1. The Morgan fingerprint density at radius 3 is 2.32 bits per heavy atom. The normalized spacial score (nSPS) is 12.9. The lowest BCUT2D eigenvalue weighted by atomic mass is 9.96. The Morgan fingerprint density at radius 1 is 1.05 bits per heavy atom. The lowest BCUT2D eigenvalue weighted by molar-refractivity contribution is -0.118. The van der Waals surface area contributed by atoms with Gasteiger partial charge in [-0.25, -0.2) is 0 Å². The number of carbonyl (C=O) groups is 1. The summed E-state index contributed by atoms with van der Waals surface area (Å²) in [6.07, 6.45) is 17.9. The number of hydrogen-bond acceptors (Lipinski definition) is 2. The summed E-state index contributed by atoms with van der Waals surface area (Å²) in [6, 6.07) is 16.2. The maximum Gasteiger partial charge on any atom is 0.246 e. The van der Waals surface area contributed by atoms with Crippen molar-refractivity contribution in [2.75, 3.05) is 13.7 Å². The van der Waals surface area contributed by atoms with Crippen molar-refractivity contribution in [2.24, 2.45) is 0 Å².